The van der Waals surface area contributed by atoms with Gasteiger partial charge in [0, 0.05) is 45.0 Å². The van der Waals surface area contributed by atoms with Crippen LogP contribution in [0.4, 0.5) is 5.69 Å². The highest BCUT2D eigenvalue weighted by Crippen LogP contribution is 2.24. The van der Waals surface area contributed by atoms with Gasteiger partial charge in [-0.25, -0.2) is 0 Å². The topological polar surface area (TPSA) is 31.4 Å². The standard InChI is InChI=1S/C17H30N4/c1-5-21-10-7-16(8-11-21)20(4)17-13-18-9-6-15(17)12-19-14(2)3/h6,9,13-14,16,19H,5,7-8,10-12H2,1-4H3. The summed E-state index contributed by atoms with van der Waals surface area (Å²) in [6.07, 6.45) is 6.41. The predicted molar refractivity (Wildman–Crippen MR) is 89.8 cm³/mol. The summed E-state index contributed by atoms with van der Waals surface area (Å²) in [4.78, 5) is 9.32. The van der Waals surface area contributed by atoms with E-state index in [4.69, 9.17) is 0 Å². The molecule has 2 heterocycles. The summed E-state index contributed by atoms with van der Waals surface area (Å²) >= 11 is 0. The molecule has 0 unspecified atom stereocenters. The van der Waals surface area contributed by atoms with E-state index < -0.39 is 0 Å². The molecule has 1 aromatic rings. The van der Waals surface area contributed by atoms with Crippen LogP contribution in [0.15, 0.2) is 18.5 Å². The van der Waals surface area contributed by atoms with Crippen molar-refractivity contribution in [3.05, 3.63) is 24.0 Å². The number of pyridine rings is 1. The highest BCUT2D eigenvalue weighted by molar-refractivity contribution is 5.52. The maximum Gasteiger partial charge on any atom is 0.0598 e. The van der Waals surface area contributed by atoms with E-state index in [0.29, 0.717) is 12.1 Å². The first-order valence-corrected chi connectivity index (χ1v) is 8.23. The van der Waals surface area contributed by atoms with E-state index in [1.165, 1.54) is 43.7 Å². The lowest BCUT2D eigenvalue weighted by Gasteiger charge is -2.38. The fourth-order valence-corrected chi connectivity index (χ4v) is 3.02. The molecule has 0 saturated carbocycles. The number of nitrogens with zero attached hydrogens (tertiary/aromatic N) is 3. The molecular formula is C17H30N4. The summed E-state index contributed by atoms with van der Waals surface area (Å²) in [6.45, 7) is 11.1. The first kappa shape index (κ1) is 16.2. The Bertz CT molecular complexity index is 425. The molecule has 0 atom stereocenters. The Morgan fingerprint density at radius 3 is 2.71 bits per heavy atom. The average molecular weight is 290 g/mol. The lowest BCUT2D eigenvalue weighted by atomic mass is 10.0. The van der Waals surface area contributed by atoms with Crippen LogP contribution < -0.4 is 10.2 Å². The second kappa shape index (κ2) is 7.76. The minimum Gasteiger partial charge on any atom is -0.370 e. The van der Waals surface area contributed by atoms with Crippen molar-refractivity contribution in [2.24, 2.45) is 0 Å². The lowest BCUT2D eigenvalue weighted by Crippen LogP contribution is -2.43. The molecule has 0 amide bonds. The maximum absolute atomic E-state index is 4.34. The molecule has 0 aliphatic carbocycles. The molecule has 1 aliphatic heterocycles. The molecule has 1 saturated heterocycles. The average Bonchev–Trinajstić information content (AvgIpc) is 2.52. The number of likely N-dealkylation sites (tertiary alicyclic amines) is 1. The molecule has 1 N–H and O–H groups in total. The lowest BCUT2D eigenvalue weighted by molar-refractivity contribution is 0.220. The molecule has 1 aromatic heterocycles. The molecule has 0 aromatic carbocycles. The van der Waals surface area contributed by atoms with Gasteiger partial charge in [0.25, 0.3) is 0 Å². The van der Waals surface area contributed by atoms with Crippen molar-refractivity contribution in [3.63, 3.8) is 0 Å². The third-order valence-corrected chi connectivity index (χ3v) is 4.52. The molecule has 0 bridgehead atoms. The molecule has 2 rings (SSSR count). The number of hydrogen-bond acceptors (Lipinski definition) is 4. The molecule has 4 nitrogen and oxygen atoms in total. The second-order valence-electron chi connectivity index (χ2n) is 6.32. The second-order valence-corrected chi connectivity index (χ2v) is 6.32. The normalized spacial score (nSPS) is 17.4. The van der Waals surface area contributed by atoms with Crippen molar-refractivity contribution in [2.75, 3.05) is 31.6 Å². The van der Waals surface area contributed by atoms with Gasteiger partial charge in [-0.15, -0.1) is 0 Å². The molecule has 0 spiro atoms. The van der Waals surface area contributed by atoms with Crippen LogP contribution in [0.25, 0.3) is 0 Å². The minimum atomic E-state index is 0.504. The van der Waals surface area contributed by atoms with Crippen LogP contribution in [0, 0.1) is 0 Å². The van der Waals surface area contributed by atoms with E-state index in [1.54, 1.807) is 0 Å². The highest BCUT2D eigenvalue weighted by atomic mass is 15.2. The van der Waals surface area contributed by atoms with Gasteiger partial charge < -0.3 is 15.1 Å². The van der Waals surface area contributed by atoms with E-state index in [-0.39, 0.29) is 0 Å². The summed E-state index contributed by atoms with van der Waals surface area (Å²) in [5, 5.41) is 3.51. The third kappa shape index (κ3) is 4.42. The number of rotatable bonds is 6. The van der Waals surface area contributed by atoms with E-state index in [0.717, 1.165) is 6.54 Å². The Morgan fingerprint density at radius 2 is 2.10 bits per heavy atom. The van der Waals surface area contributed by atoms with Crippen molar-refractivity contribution in [2.45, 2.75) is 52.2 Å². The summed E-state index contributed by atoms with van der Waals surface area (Å²) in [5.74, 6) is 0. The van der Waals surface area contributed by atoms with Gasteiger partial charge in [-0.3, -0.25) is 4.98 Å². The van der Waals surface area contributed by atoms with Gasteiger partial charge in [-0.2, -0.15) is 0 Å². The van der Waals surface area contributed by atoms with E-state index in [2.05, 4.69) is 54.0 Å². The van der Waals surface area contributed by atoms with Gasteiger partial charge in [0.05, 0.1) is 11.9 Å². The first-order valence-electron chi connectivity index (χ1n) is 8.23. The van der Waals surface area contributed by atoms with Crippen LogP contribution in [0.2, 0.25) is 0 Å². The Morgan fingerprint density at radius 1 is 1.38 bits per heavy atom. The number of piperidine rings is 1. The van der Waals surface area contributed by atoms with Crippen LogP contribution in [-0.2, 0) is 6.54 Å². The SMILES string of the molecule is CCN1CCC(N(C)c2cnccc2CNC(C)C)CC1. The maximum atomic E-state index is 4.34. The van der Waals surface area contributed by atoms with Crippen molar-refractivity contribution < 1.29 is 0 Å². The molecule has 1 fully saturated rings. The monoisotopic (exact) mass is 290 g/mol. The van der Waals surface area contributed by atoms with Gasteiger partial charge >= 0.3 is 0 Å². The van der Waals surface area contributed by atoms with Crippen molar-refractivity contribution in [1.29, 1.82) is 0 Å². The van der Waals surface area contributed by atoms with Crippen LogP contribution in [0.5, 0.6) is 0 Å². The molecular weight excluding hydrogens is 260 g/mol. The van der Waals surface area contributed by atoms with Crippen molar-refractivity contribution >= 4 is 5.69 Å². The van der Waals surface area contributed by atoms with Crippen LogP contribution in [-0.4, -0.2) is 48.6 Å². The van der Waals surface area contributed by atoms with Gasteiger partial charge in [0.2, 0.25) is 0 Å². The largest absolute Gasteiger partial charge is 0.370 e. The number of nitrogens with one attached hydrogen (secondary N) is 1. The Labute approximate surface area is 129 Å². The summed E-state index contributed by atoms with van der Waals surface area (Å²) < 4.78 is 0. The zero-order valence-electron chi connectivity index (χ0n) is 14.0. The third-order valence-electron chi connectivity index (χ3n) is 4.52. The number of aromatic nitrogens is 1. The van der Waals surface area contributed by atoms with E-state index >= 15 is 0 Å². The van der Waals surface area contributed by atoms with Crippen LogP contribution >= 0.6 is 0 Å². The fourth-order valence-electron chi connectivity index (χ4n) is 3.02. The Hall–Kier alpha value is -1.13. The molecule has 118 valence electrons. The highest BCUT2D eigenvalue weighted by Gasteiger charge is 2.23. The van der Waals surface area contributed by atoms with Crippen LogP contribution in [0.3, 0.4) is 0 Å². The van der Waals surface area contributed by atoms with Crippen molar-refractivity contribution in [3.8, 4) is 0 Å². The smallest absolute Gasteiger partial charge is 0.0598 e. The van der Waals surface area contributed by atoms with Gasteiger partial charge in [0.15, 0.2) is 0 Å². The Balaban J connectivity index is 2.03. The molecule has 0 radical (unpaired) electrons. The number of hydrogen-bond donors (Lipinski definition) is 1. The number of anilines is 1. The van der Waals surface area contributed by atoms with Crippen LogP contribution in [0.1, 0.15) is 39.2 Å². The molecule has 21 heavy (non-hydrogen) atoms. The fraction of sp³-hybridized carbons (Fsp3) is 0.706. The summed E-state index contributed by atoms with van der Waals surface area (Å²) in [6, 6.07) is 3.28. The van der Waals surface area contributed by atoms with Crippen molar-refractivity contribution in [1.82, 2.24) is 15.2 Å². The summed E-state index contributed by atoms with van der Waals surface area (Å²) in [5.41, 5.74) is 2.62. The molecule has 4 heteroatoms. The molecule has 1 aliphatic rings. The van der Waals surface area contributed by atoms with Gasteiger partial charge in [-0.1, -0.05) is 20.8 Å². The quantitative estimate of drug-likeness (QED) is 0.872. The van der Waals surface area contributed by atoms with Gasteiger partial charge in [-0.05, 0) is 31.0 Å². The predicted octanol–water partition coefficient (Wildman–Crippen LogP) is 2.50. The minimum absolute atomic E-state index is 0.504. The Kier molecular flexibility index (Phi) is 6.00. The zero-order valence-corrected chi connectivity index (χ0v) is 14.0. The summed E-state index contributed by atoms with van der Waals surface area (Å²) in [7, 11) is 2.22. The zero-order chi connectivity index (χ0) is 15.2. The van der Waals surface area contributed by atoms with Gasteiger partial charge in [0.1, 0.15) is 0 Å². The van der Waals surface area contributed by atoms with E-state index in [1.807, 2.05) is 12.4 Å². The first-order chi connectivity index (χ1) is 10.1. The van der Waals surface area contributed by atoms with E-state index in [9.17, 15) is 0 Å².